The molecule has 1 unspecified atom stereocenters. The number of hydrogen-bond donors (Lipinski definition) is 2. The van der Waals surface area contributed by atoms with E-state index in [9.17, 15) is 5.11 Å². The summed E-state index contributed by atoms with van der Waals surface area (Å²) in [6.07, 6.45) is 8.08. The van der Waals surface area contributed by atoms with Crippen LogP contribution in [0.1, 0.15) is 63.5 Å². The number of aliphatic hydroxyl groups is 1. The van der Waals surface area contributed by atoms with Crippen molar-refractivity contribution in [3.8, 4) is 0 Å². The molecule has 23 heavy (non-hydrogen) atoms. The lowest BCUT2D eigenvalue weighted by atomic mass is 10.0. The molecule has 2 nitrogen and oxygen atoms in total. The third-order valence-corrected chi connectivity index (χ3v) is 4.19. The zero-order valence-corrected chi connectivity index (χ0v) is 14.2. The molecule has 2 heteroatoms. The summed E-state index contributed by atoms with van der Waals surface area (Å²) in [6, 6.07) is 18.2. The Kier molecular flexibility index (Phi) is 7.68. The zero-order chi connectivity index (χ0) is 16.3. The second-order valence-corrected chi connectivity index (χ2v) is 6.19. The zero-order valence-electron chi connectivity index (χ0n) is 14.2. The first-order valence-corrected chi connectivity index (χ1v) is 8.89. The number of hydrogen-bond acceptors (Lipinski definition) is 2. The smallest absolute Gasteiger partial charge is 0.0790 e. The van der Waals surface area contributed by atoms with Crippen LogP contribution in [0.3, 0.4) is 0 Å². The highest BCUT2D eigenvalue weighted by Gasteiger charge is 2.07. The summed E-state index contributed by atoms with van der Waals surface area (Å²) in [4.78, 5) is 0. The van der Waals surface area contributed by atoms with Crippen LogP contribution >= 0.6 is 0 Å². The topological polar surface area (TPSA) is 32.3 Å². The van der Waals surface area contributed by atoms with Crippen LogP contribution in [0, 0.1) is 0 Å². The van der Waals surface area contributed by atoms with Gasteiger partial charge in [0.1, 0.15) is 0 Å². The molecule has 0 aliphatic rings. The van der Waals surface area contributed by atoms with Gasteiger partial charge in [0.25, 0.3) is 0 Å². The maximum atomic E-state index is 10.3. The fraction of sp³-hybridized carbons (Fsp3) is 0.429. The van der Waals surface area contributed by atoms with Crippen molar-refractivity contribution in [2.45, 2.75) is 58.0 Å². The largest absolute Gasteiger partial charge is 0.388 e. The van der Waals surface area contributed by atoms with E-state index in [2.05, 4.69) is 12.2 Å². The van der Waals surface area contributed by atoms with Gasteiger partial charge >= 0.3 is 0 Å². The first-order chi connectivity index (χ1) is 11.3. The van der Waals surface area contributed by atoms with E-state index in [1.807, 2.05) is 54.6 Å². The van der Waals surface area contributed by atoms with Crippen molar-refractivity contribution in [2.75, 3.05) is 5.32 Å². The quantitative estimate of drug-likeness (QED) is 0.511. The van der Waals surface area contributed by atoms with Gasteiger partial charge in [-0.25, -0.2) is 0 Å². The Morgan fingerprint density at radius 2 is 1.39 bits per heavy atom. The third-order valence-electron chi connectivity index (χ3n) is 4.19. The molecule has 0 heterocycles. The van der Waals surface area contributed by atoms with Gasteiger partial charge in [0, 0.05) is 11.4 Å². The molecule has 0 aliphatic carbocycles. The first-order valence-electron chi connectivity index (χ1n) is 8.89. The Morgan fingerprint density at radius 1 is 0.783 bits per heavy atom. The second-order valence-electron chi connectivity index (χ2n) is 6.19. The maximum absolute atomic E-state index is 10.3. The van der Waals surface area contributed by atoms with Crippen LogP contribution < -0.4 is 5.32 Å². The van der Waals surface area contributed by atoms with Crippen LogP contribution in [0.5, 0.6) is 0 Å². The summed E-state index contributed by atoms with van der Waals surface area (Å²) in [7, 11) is 0. The molecule has 1 atom stereocenters. The molecule has 2 N–H and O–H groups in total. The summed E-state index contributed by atoms with van der Waals surface area (Å²) >= 11 is 0. The number of aliphatic hydroxyl groups excluding tert-OH is 1. The fourth-order valence-corrected chi connectivity index (χ4v) is 2.76. The van der Waals surface area contributed by atoms with Gasteiger partial charge < -0.3 is 10.4 Å². The van der Waals surface area contributed by atoms with Crippen LogP contribution in [0.4, 0.5) is 11.4 Å². The summed E-state index contributed by atoms with van der Waals surface area (Å²) in [5, 5.41) is 13.6. The summed E-state index contributed by atoms with van der Waals surface area (Å²) in [6.45, 7) is 2.24. The van der Waals surface area contributed by atoms with Crippen molar-refractivity contribution >= 4 is 11.4 Å². The first kappa shape index (κ1) is 17.6. The van der Waals surface area contributed by atoms with Crippen LogP contribution in [0.25, 0.3) is 0 Å². The average Bonchev–Trinajstić information content (AvgIpc) is 2.59. The van der Waals surface area contributed by atoms with Crippen molar-refractivity contribution in [2.24, 2.45) is 0 Å². The highest BCUT2D eigenvalue weighted by atomic mass is 16.3. The van der Waals surface area contributed by atoms with E-state index in [0.29, 0.717) is 0 Å². The predicted molar refractivity (Wildman–Crippen MR) is 99.1 cm³/mol. The van der Waals surface area contributed by atoms with E-state index in [0.717, 1.165) is 29.8 Å². The van der Waals surface area contributed by atoms with E-state index in [1.54, 1.807) is 0 Å². The van der Waals surface area contributed by atoms with Crippen LogP contribution in [-0.2, 0) is 0 Å². The summed E-state index contributed by atoms with van der Waals surface area (Å²) in [5.74, 6) is 0. The van der Waals surface area contributed by atoms with Gasteiger partial charge in [0.05, 0.1) is 6.10 Å². The van der Waals surface area contributed by atoms with Gasteiger partial charge in [-0.2, -0.15) is 0 Å². The van der Waals surface area contributed by atoms with Crippen molar-refractivity contribution in [1.82, 2.24) is 0 Å². The van der Waals surface area contributed by atoms with E-state index < -0.39 is 0 Å². The molecule has 124 valence electrons. The molecule has 0 aliphatic heterocycles. The van der Waals surface area contributed by atoms with Gasteiger partial charge in [-0.05, 0) is 36.2 Å². The molecule has 0 saturated heterocycles. The molecule has 0 fully saturated rings. The minimum atomic E-state index is -0.341. The third kappa shape index (κ3) is 6.45. The minimum absolute atomic E-state index is 0.341. The lowest BCUT2D eigenvalue weighted by molar-refractivity contribution is 0.163. The van der Waals surface area contributed by atoms with Crippen LogP contribution in [0.15, 0.2) is 54.6 Å². The van der Waals surface area contributed by atoms with Crippen LogP contribution in [-0.4, -0.2) is 5.11 Å². The lowest BCUT2D eigenvalue weighted by Crippen LogP contribution is -1.98. The highest BCUT2D eigenvalue weighted by molar-refractivity contribution is 5.59. The normalized spacial score (nSPS) is 12.1. The lowest BCUT2D eigenvalue weighted by Gasteiger charge is -2.12. The van der Waals surface area contributed by atoms with Gasteiger partial charge in [-0.1, -0.05) is 75.8 Å². The van der Waals surface area contributed by atoms with Gasteiger partial charge in [0.2, 0.25) is 0 Å². The fourth-order valence-electron chi connectivity index (χ4n) is 2.76. The number of para-hydroxylation sites is 1. The number of benzene rings is 2. The molecule has 2 rings (SSSR count). The minimum Gasteiger partial charge on any atom is -0.388 e. The molecule has 0 saturated carbocycles. The highest BCUT2D eigenvalue weighted by Crippen LogP contribution is 2.23. The summed E-state index contributed by atoms with van der Waals surface area (Å²) < 4.78 is 0. The van der Waals surface area contributed by atoms with Crippen LogP contribution in [0.2, 0.25) is 0 Å². The van der Waals surface area contributed by atoms with Crippen molar-refractivity contribution in [1.29, 1.82) is 0 Å². The van der Waals surface area contributed by atoms with Gasteiger partial charge in [-0.15, -0.1) is 0 Å². The van der Waals surface area contributed by atoms with E-state index in [-0.39, 0.29) is 6.10 Å². The Balaban J connectivity index is 1.75. The van der Waals surface area contributed by atoms with E-state index >= 15 is 0 Å². The van der Waals surface area contributed by atoms with Crippen molar-refractivity contribution in [3.63, 3.8) is 0 Å². The molecular formula is C21H29NO. The summed E-state index contributed by atoms with van der Waals surface area (Å²) in [5.41, 5.74) is 3.14. The maximum Gasteiger partial charge on any atom is 0.0790 e. The SMILES string of the molecule is CCCCCCCCC(O)c1ccc(Nc2ccccc2)cc1. The van der Waals surface area contributed by atoms with E-state index in [4.69, 9.17) is 0 Å². The molecule has 0 amide bonds. The number of unbranched alkanes of at least 4 members (excludes halogenated alkanes) is 5. The van der Waals surface area contributed by atoms with Crippen molar-refractivity contribution in [3.05, 3.63) is 60.2 Å². The molecule has 2 aromatic rings. The molecule has 2 aromatic carbocycles. The number of rotatable bonds is 10. The molecule has 0 aromatic heterocycles. The Bertz CT molecular complexity index is 536. The Morgan fingerprint density at radius 3 is 2.09 bits per heavy atom. The average molecular weight is 311 g/mol. The molecule has 0 radical (unpaired) electrons. The molecular weight excluding hydrogens is 282 g/mol. The standard InChI is InChI=1S/C21H29NO/c1-2-3-4-5-6-10-13-21(23)18-14-16-20(17-15-18)22-19-11-8-7-9-12-19/h7-9,11-12,14-17,21-23H,2-6,10,13H2,1H3. The van der Waals surface area contributed by atoms with E-state index in [1.165, 1.54) is 32.1 Å². The van der Waals surface area contributed by atoms with Crippen molar-refractivity contribution < 1.29 is 5.11 Å². The predicted octanol–water partition coefficient (Wildman–Crippen LogP) is 6.21. The molecule has 0 bridgehead atoms. The number of nitrogens with one attached hydrogen (secondary N) is 1. The van der Waals surface area contributed by atoms with Gasteiger partial charge in [0.15, 0.2) is 0 Å². The second kappa shape index (κ2) is 10.1. The molecule has 0 spiro atoms. The Hall–Kier alpha value is -1.80. The van der Waals surface area contributed by atoms with Gasteiger partial charge in [-0.3, -0.25) is 0 Å². The Labute approximate surface area is 140 Å². The number of anilines is 2. The monoisotopic (exact) mass is 311 g/mol.